The Labute approximate surface area is 200 Å². The average molecular weight is 457 g/mol. The summed E-state index contributed by atoms with van der Waals surface area (Å²) in [7, 11) is 3.23. The highest BCUT2D eigenvalue weighted by Gasteiger charge is 2.16. The SMILES string of the molecule is CCCCc1cnc2c(c1)c1nc(/C=C/OC)c(/C=C/OC)nc1c1cc(CCCC)cnc12. The molecule has 3 aromatic heterocycles. The summed E-state index contributed by atoms with van der Waals surface area (Å²) in [5.74, 6) is 0. The van der Waals surface area contributed by atoms with Crippen molar-refractivity contribution in [3.8, 4) is 0 Å². The fourth-order valence-corrected chi connectivity index (χ4v) is 4.14. The molecule has 3 heterocycles. The Morgan fingerprint density at radius 3 is 1.50 bits per heavy atom. The molecule has 0 radical (unpaired) electrons. The second-order valence-electron chi connectivity index (χ2n) is 8.45. The highest BCUT2D eigenvalue weighted by Crippen LogP contribution is 2.33. The van der Waals surface area contributed by atoms with Crippen LogP contribution in [-0.2, 0) is 22.3 Å². The predicted molar refractivity (Wildman–Crippen MR) is 139 cm³/mol. The maximum absolute atomic E-state index is 5.17. The Kier molecular flexibility index (Phi) is 7.68. The van der Waals surface area contributed by atoms with Gasteiger partial charge in [-0.15, -0.1) is 0 Å². The van der Waals surface area contributed by atoms with Gasteiger partial charge in [-0.25, -0.2) is 9.97 Å². The molecule has 0 unspecified atom stereocenters. The molecule has 0 fully saturated rings. The lowest BCUT2D eigenvalue weighted by molar-refractivity contribution is 0.340. The lowest BCUT2D eigenvalue weighted by Gasteiger charge is -2.12. The van der Waals surface area contributed by atoms with Gasteiger partial charge in [-0.3, -0.25) is 9.97 Å². The van der Waals surface area contributed by atoms with Crippen molar-refractivity contribution >= 4 is 45.0 Å². The third-order valence-electron chi connectivity index (χ3n) is 5.94. The average Bonchev–Trinajstić information content (AvgIpc) is 2.88. The Balaban J connectivity index is 2.08. The van der Waals surface area contributed by atoms with Crippen molar-refractivity contribution in [3.63, 3.8) is 0 Å². The first-order valence-corrected chi connectivity index (χ1v) is 12.0. The van der Waals surface area contributed by atoms with Crippen molar-refractivity contribution < 1.29 is 9.47 Å². The largest absolute Gasteiger partial charge is 0.504 e. The van der Waals surface area contributed by atoms with Crippen molar-refractivity contribution in [1.82, 2.24) is 19.9 Å². The van der Waals surface area contributed by atoms with Gasteiger partial charge in [0, 0.05) is 35.3 Å². The summed E-state index contributed by atoms with van der Waals surface area (Å²) in [5.41, 5.74) is 7.19. The van der Waals surface area contributed by atoms with E-state index in [9.17, 15) is 0 Å². The number of unbranched alkanes of at least 4 members (excludes halogenated alkanes) is 2. The highest BCUT2D eigenvalue weighted by molar-refractivity contribution is 6.20. The number of pyridine rings is 2. The van der Waals surface area contributed by atoms with Crippen LogP contribution >= 0.6 is 0 Å². The molecule has 0 N–H and O–H groups in total. The second kappa shape index (κ2) is 11.1. The quantitative estimate of drug-likeness (QED) is 0.197. The molecule has 0 atom stereocenters. The number of fused-ring (bicyclic) bond motifs is 6. The Morgan fingerprint density at radius 2 is 1.12 bits per heavy atom. The van der Waals surface area contributed by atoms with E-state index in [0.717, 1.165) is 71.4 Å². The van der Waals surface area contributed by atoms with Gasteiger partial charge in [-0.1, -0.05) is 26.7 Å². The molecule has 0 spiro atoms. The van der Waals surface area contributed by atoms with E-state index in [1.165, 1.54) is 11.1 Å². The lowest BCUT2D eigenvalue weighted by atomic mass is 10.0. The molecule has 6 nitrogen and oxygen atoms in total. The normalized spacial score (nSPS) is 12.0. The fraction of sp³-hybridized carbons (Fsp3) is 0.357. The molecule has 4 aromatic rings. The van der Waals surface area contributed by atoms with E-state index in [4.69, 9.17) is 29.4 Å². The maximum Gasteiger partial charge on any atom is 0.0996 e. The molecule has 34 heavy (non-hydrogen) atoms. The summed E-state index contributed by atoms with van der Waals surface area (Å²) in [6, 6.07) is 4.41. The summed E-state index contributed by atoms with van der Waals surface area (Å²) in [5, 5.41) is 1.96. The third kappa shape index (κ3) is 4.86. The third-order valence-corrected chi connectivity index (χ3v) is 5.94. The van der Waals surface area contributed by atoms with Crippen LogP contribution in [0, 0.1) is 0 Å². The molecular weight excluding hydrogens is 424 g/mol. The first kappa shape index (κ1) is 23.6. The van der Waals surface area contributed by atoms with Crippen LogP contribution in [0.4, 0.5) is 0 Å². The summed E-state index contributed by atoms with van der Waals surface area (Å²) < 4.78 is 10.3. The number of aryl methyl sites for hydroxylation is 2. The van der Waals surface area contributed by atoms with E-state index in [-0.39, 0.29) is 0 Å². The number of rotatable bonds is 10. The van der Waals surface area contributed by atoms with E-state index in [2.05, 4.69) is 26.0 Å². The van der Waals surface area contributed by atoms with Gasteiger partial charge in [0.2, 0.25) is 0 Å². The molecule has 0 amide bonds. The highest BCUT2D eigenvalue weighted by atomic mass is 16.5. The molecule has 1 aromatic carbocycles. The zero-order valence-corrected chi connectivity index (χ0v) is 20.5. The number of methoxy groups -OCH3 is 2. The standard InChI is InChI=1S/C28H32N4O2/c1-5-7-9-19-15-21-25(29-17-19)26-22(16-20(18-30-26)10-8-6-2)28-27(21)31-23(11-13-33-3)24(32-28)12-14-34-4/h11-18H,5-10H2,1-4H3/b13-11+,14-12+. The van der Waals surface area contributed by atoms with E-state index >= 15 is 0 Å². The number of hydrogen-bond acceptors (Lipinski definition) is 6. The van der Waals surface area contributed by atoms with E-state index in [1.54, 1.807) is 26.7 Å². The van der Waals surface area contributed by atoms with Crippen LogP contribution in [0.15, 0.2) is 37.1 Å². The smallest absolute Gasteiger partial charge is 0.0996 e. The van der Waals surface area contributed by atoms with Crippen LogP contribution in [0.25, 0.3) is 45.0 Å². The number of ether oxygens (including phenoxy) is 2. The second-order valence-corrected chi connectivity index (χ2v) is 8.45. The first-order chi connectivity index (χ1) is 16.7. The number of aromatic nitrogens is 4. The van der Waals surface area contributed by atoms with E-state index in [0.29, 0.717) is 11.4 Å². The molecule has 0 aliphatic heterocycles. The van der Waals surface area contributed by atoms with Crippen molar-refractivity contribution in [2.75, 3.05) is 14.2 Å². The molecule has 176 valence electrons. The van der Waals surface area contributed by atoms with Crippen LogP contribution in [0.1, 0.15) is 62.0 Å². The van der Waals surface area contributed by atoms with Gasteiger partial charge in [0.1, 0.15) is 0 Å². The summed E-state index contributed by atoms with van der Waals surface area (Å²) >= 11 is 0. The summed E-state index contributed by atoms with van der Waals surface area (Å²) in [6.45, 7) is 4.40. The molecule has 0 aliphatic carbocycles. The van der Waals surface area contributed by atoms with Gasteiger partial charge in [0.15, 0.2) is 0 Å². The molecule has 0 bridgehead atoms. The van der Waals surface area contributed by atoms with Gasteiger partial charge in [0.05, 0.1) is 60.2 Å². The van der Waals surface area contributed by atoms with Crippen LogP contribution < -0.4 is 0 Å². The zero-order valence-electron chi connectivity index (χ0n) is 20.5. The molecular formula is C28H32N4O2. The van der Waals surface area contributed by atoms with Crippen molar-refractivity contribution in [2.24, 2.45) is 0 Å². The first-order valence-electron chi connectivity index (χ1n) is 12.0. The lowest BCUT2D eigenvalue weighted by Crippen LogP contribution is -2.00. The number of benzene rings is 1. The fourth-order valence-electron chi connectivity index (χ4n) is 4.14. The van der Waals surface area contributed by atoms with E-state index in [1.807, 2.05) is 24.5 Å². The number of hydrogen-bond donors (Lipinski definition) is 0. The Morgan fingerprint density at radius 1 is 0.676 bits per heavy atom. The monoisotopic (exact) mass is 456 g/mol. The van der Waals surface area contributed by atoms with Gasteiger partial charge < -0.3 is 9.47 Å². The van der Waals surface area contributed by atoms with Crippen molar-refractivity contribution in [3.05, 3.63) is 59.6 Å². The minimum Gasteiger partial charge on any atom is -0.504 e. The summed E-state index contributed by atoms with van der Waals surface area (Å²) in [6.07, 6.45) is 17.3. The van der Waals surface area contributed by atoms with Crippen LogP contribution in [-0.4, -0.2) is 34.2 Å². The van der Waals surface area contributed by atoms with Crippen LogP contribution in [0.2, 0.25) is 0 Å². The topological polar surface area (TPSA) is 70.0 Å². The molecule has 0 aliphatic rings. The minimum atomic E-state index is 0.706. The zero-order chi connectivity index (χ0) is 23.9. The van der Waals surface area contributed by atoms with Gasteiger partial charge >= 0.3 is 0 Å². The summed E-state index contributed by atoms with van der Waals surface area (Å²) in [4.78, 5) is 19.8. The molecule has 6 heteroatoms. The van der Waals surface area contributed by atoms with Gasteiger partial charge in [0.25, 0.3) is 0 Å². The van der Waals surface area contributed by atoms with E-state index < -0.39 is 0 Å². The van der Waals surface area contributed by atoms with Gasteiger partial charge in [-0.05, 0) is 48.9 Å². The Bertz CT molecular complexity index is 1260. The van der Waals surface area contributed by atoms with Gasteiger partial charge in [-0.2, -0.15) is 0 Å². The van der Waals surface area contributed by atoms with Crippen molar-refractivity contribution in [2.45, 2.75) is 52.4 Å². The molecule has 4 rings (SSSR count). The number of nitrogens with zero attached hydrogens (tertiary/aromatic N) is 4. The minimum absolute atomic E-state index is 0.706. The van der Waals surface area contributed by atoms with Crippen LogP contribution in [0.3, 0.4) is 0 Å². The van der Waals surface area contributed by atoms with Crippen LogP contribution in [0.5, 0.6) is 0 Å². The maximum atomic E-state index is 5.17. The predicted octanol–water partition coefficient (Wildman–Crippen LogP) is 6.65. The van der Waals surface area contributed by atoms with Crippen molar-refractivity contribution in [1.29, 1.82) is 0 Å². The molecule has 0 saturated heterocycles. The molecule has 0 saturated carbocycles. The Hall–Kier alpha value is -3.54.